The lowest BCUT2D eigenvalue weighted by Crippen LogP contribution is -2.32. The van der Waals surface area contributed by atoms with Gasteiger partial charge in [0.25, 0.3) is 0 Å². The molecule has 1 aliphatic rings. The summed E-state index contributed by atoms with van der Waals surface area (Å²) >= 11 is 0. The Kier molecular flexibility index (Phi) is 4.98. The first-order valence-electron chi connectivity index (χ1n) is 6.47. The van der Waals surface area contributed by atoms with Crippen LogP contribution in [0.15, 0.2) is 23.3 Å². The molecule has 0 heterocycles. The van der Waals surface area contributed by atoms with Crippen LogP contribution < -0.4 is 0 Å². The van der Waals surface area contributed by atoms with Crippen LogP contribution in [-0.2, 0) is 9.53 Å². The van der Waals surface area contributed by atoms with Crippen LogP contribution in [0.25, 0.3) is 0 Å². The number of rotatable bonds is 3. The van der Waals surface area contributed by atoms with E-state index >= 15 is 0 Å². The van der Waals surface area contributed by atoms with Crippen LogP contribution in [0, 0.1) is 11.8 Å². The zero-order valence-corrected chi connectivity index (χ0v) is 11.6. The molecule has 0 aromatic carbocycles. The highest BCUT2D eigenvalue weighted by Gasteiger charge is 2.29. The van der Waals surface area contributed by atoms with Crippen molar-refractivity contribution in [1.29, 1.82) is 0 Å². The molecule has 0 saturated heterocycles. The highest BCUT2D eigenvalue weighted by Crippen LogP contribution is 2.31. The van der Waals surface area contributed by atoms with E-state index in [-0.39, 0.29) is 12.1 Å². The van der Waals surface area contributed by atoms with Crippen LogP contribution in [0.2, 0.25) is 0 Å². The van der Waals surface area contributed by atoms with E-state index in [1.54, 1.807) is 13.0 Å². The van der Waals surface area contributed by atoms with Crippen molar-refractivity contribution in [1.82, 2.24) is 0 Å². The number of ether oxygens (including phenoxy) is 1. The number of hydrogen-bond acceptors (Lipinski definition) is 2. The fourth-order valence-electron chi connectivity index (χ4n) is 2.19. The quantitative estimate of drug-likeness (QED) is 0.422. The first kappa shape index (κ1) is 14.0. The van der Waals surface area contributed by atoms with Crippen molar-refractivity contribution in [3.05, 3.63) is 23.3 Å². The van der Waals surface area contributed by atoms with Gasteiger partial charge in [-0.15, -0.1) is 0 Å². The first-order chi connectivity index (χ1) is 7.95. The Morgan fingerprint density at radius 1 is 1.53 bits per heavy atom. The SMILES string of the molecule is C/C=C(/C)C(=O)OC1CCC(C)=CC1C(C)C. The van der Waals surface area contributed by atoms with Crippen LogP contribution >= 0.6 is 0 Å². The van der Waals surface area contributed by atoms with E-state index in [4.69, 9.17) is 4.74 Å². The average molecular weight is 236 g/mol. The van der Waals surface area contributed by atoms with Gasteiger partial charge in [0.05, 0.1) is 0 Å². The lowest BCUT2D eigenvalue weighted by atomic mass is 9.81. The molecule has 0 bridgehead atoms. The van der Waals surface area contributed by atoms with Gasteiger partial charge in [-0.25, -0.2) is 4.79 Å². The summed E-state index contributed by atoms with van der Waals surface area (Å²) < 4.78 is 5.61. The lowest BCUT2D eigenvalue weighted by Gasteiger charge is -2.32. The van der Waals surface area contributed by atoms with E-state index in [0.29, 0.717) is 17.4 Å². The monoisotopic (exact) mass is 236 g/mol. The molecule has 0 amide bonds. The second-order valence-corrected chi connectivity index (χ2v) is 5.29. The predicted octanol–water partition coefficient (Wildman–Crippen LogP) is 3.88. The summed E-state index contributed by atoms with van der Waals surface area (Å²) in [7, 11) is 0. The van der Waals surface area contributed by atoms with Gasteiger partial charge in [-0.1, -0.05) is 31.6 Å². The largest absolute Gasteiger partial charge is 0.458 e. The smallest absolute Gasteiger partial charge is 0.333 e. The Morgan fingerprint density at radius 3 is 2.71 bits per heavy atom. The Balaban J connectivity index is 2.73. The van der Waals surface area contributed by atoms with Gasteiger partial charge in [0.1, 0.15) is 6.10 Å². The number of carbonyl (C=O) groups is 1. The maximum absolute atomic E-state index is 11.8. The van der Waals surface area contributed by atoms with Crippen molar-refractivity contribution in [2.45, 2.75) is 53.6 Å². The number of hydrogen-bond donors (Lipinski definition) is 0. The second-order valence-electron chi connectivity index (χ2n) is 5.29. The minimum atomic E-state index is -0.170. The molecule has 96 valence electrons. The minimum absolute atomic E-state index is 0.0427. The van der Waals surface area contributed by atoms with Gasteiger partial charge in [0.15, 0.2) is 0 Å². The molecule has 2 unspecified atom stereocenters. The zero-order valence-electron chi connectivity index (χ0n) is 11.6. The molecule has 1 rings (SSSR count). The summed E-state index contributed by atoms with van der Waals surface area (Å²) in [6, 6.07) is 0. The molecule has 0 radical (unpaired) electrons. The van der Waals surface area contributed by atoms with Gasteiger partial charge in [0, 0.05) is 11.5 Å². The van der Waals surface area contributed by atoms with Crippen LogP contribution in [0.3, 0.4) is 0 Å². The van der Waals surface area contributed by atoms with Gasteiger partial charge in [-0.05, 0) is 39.5 Å². The van der Waals surface area contributed by atoms with Gasteiger partial charge in [-0.2, -0.15) is 0 Å². The molecule has 2 nitrogen and oxygen atoms in total. The molecule has 0 aromatic rings. The fourth-order valence-corrected chi connectivity index (χ4v) is 2.19. The Hall–Kier alpha value is -1.05. The molecular weight excluding hydrogens is 212 g/mol. The van der Waals surface area contributed by atoms with Gasteiger partial charge >= 0.3 is 5.97 Å². The van der Waals surface area contributed by atoms with Crippen molar-refractivity contribution in [3.8, 4) is 0 Å². The molecule has 2 heteroatoms. The third-order valence-electron chi connectivity index (χ3n) is 3.51. The molecule has 1 aliphatic carbocycles. The van der Waals surface area contributed by atoms with Crippen molar-refractivity contribution >= 4 is 5.97 Å². The molecule has 0 aliphatic heterocycles. The van der Waals surface area contributed by atoms with Crippen LogP contribution in [-0.4, -0.2) is 12.1 Å². The van der Waals surface area contributed by atoms with E-state index in [1.807, 2.05) is 6.92 Å². The van der Waals surface area contributed by atoms with Crippen molar-refractivity contribution in [2.75, 3.05) is 0 Å². The third kappa shape index (κ3) is 3.72. The van der Waals surface area contributed by atoms with Crippen molar-refractivity contribution < 1.29 is 9.53 Å². The number of esters is 1. The number of carbonyl (C=O) groups excluding carboxylic acids is 1. The maximum atomic E-state index is 11.8. The standard InChI is InChI=1S/C15H24O2/c1-6-12(5)15(16)17-14-8-7-11(4)9-13(14)10(2)3/h6,9-10,13-14H,7-8H2,1-5H3/b12-6-. The summed E-state index contributed by atoms with van der Waals surface area (Å²) in [5.41, 5.74) is 2.11. The van der Waals surface area contributed by atoms with E-state index in [2.05, 4.69) is 26.8 Å². The second kappa shape index (κ2) is 6.04. The molecule has 0 saturated carbocycles. The summed E-state index contributed by atoms with van der Waals surface area (Å²) in [4.78, 5) is 11.8. The van der Waals surface area contributed by atoms with E-state index in [9.17, 15) is 4.79 Å². The summed E-state index contributed by atoms with van der Waals surface area (Å²) in [5, 5.41) is 0. The van der Waals surface area contributed by atoms with E-state index in [1.165, 1.54) is 5.57 Å². The predicted molar refractivity (Wildman–Crippen MR) is 70.6 cm³/mol. The zero-order chi connectivity index (χ0) is 13.0. The van der Waals surface area contributed by atoms with Gasteiger partial charge in [0.2, 0.25) is 0 Å². The molecule has 0 N–H and O–H groups in total. The van der Waals surface area contributed by atoms with Crippen molar-refractivity contribution in [2.24, 2.45) is 11.8 Å². The topological polar surface area (TPSA) is 26.3 Å². The molecule has 0 spiro atoms. The summed E-state index contributed by atoms with van der Waals surface area (Å²) in [5.74, 6) is 0.697. The Morgan fingerprint density at radius 2 is 2.18 bits per heavy atom. The fraction of sp³-hybridized carbons (Fsp3) is 0.667. The third-order valence-corrected chi connectivity index (χ3v) is 3.51. The lowest BCUT2D eigenvalue weighted by molar-refractivity contribution is -0.147. The van der Waals surface area contributed by atoms with Crippen molar-refractivity contribution in [3.63, 3.8) is 0 Å². The molecule has 0 fully saturated rings. The molecule has 17 heavy (non-hydrogen) atoms. The first-order valence-corrected chi connectivity index (χ1v) is 6.47. The number of allylic oxidation sites excluding steroid dienone is 2. The maximum Gasteiger partial charge on any atom is 0.333 e. The minimum Gasteiger partial charge on any atom is -0.458 e. The molecule has 2 atom stereocenters. The van der Waals surface area contributed by atoms with Crippen LogP contribution in [0.5, 0.6) is 0 Å². The Bertz CT molecular complexity index is 337. The average Bonchev–Trinajstić information content (AvgIpc) is 2.29. The normalized spacial score (nSPS) is 25.8. The van der Waals surface area contributed by atoms with Gasteiger partial charge < -0.3 is 4.74 Å². The summed E-state index contributed by atoms with van der Waals surface area (Å²) in [6.45, 7) is 10.2. The van der Waals surface area contributed by atoms with E-state index in [0.717, 1.165) is 12.8 Å². The van der Waals surface area contributed by atoms with E-state index < -0.39 is 0 Å². The van der Waals surface area contributed by atoms with Crippen LogP contribution in [0.4, 0.5) is 0 Å². The van der Waals surface area contributed by atoms with Crippen LogP contribution in [0.1, 0.15) is 47.5 Å². The van der Waals surface area contributed by atoms with Gasteiger partial charge in [-0.3, -0.25) is 0 Å². The molecule has 0 aromatic heterocycles. The Labute approximate surface area is 105 Å². The summed E-state index contributed by atoms with van der Waals surface area (Å²) in [6.07, 6.45) is 6.11. The highest BCUT2D eigenvalue weighted by molar-refractivity contribution is 5.87. The highest BCUT2D eigenvalue weighted by atomic mass is 16.5. The molecular formula is C15H24O2.